The molecule has 0 bridgehead atoms. The highest BCUT2D eigenvalue weighted by molar-refractivity contribution is 5.50. The maximum atomic E-state index is 13.9. The summed E-state index contributed by atoms with van der Waals surface area (Å²) in [5.41, 5.74) is -1.32. The molecule has 12 nitrogen and oxygen atoms in total. The van der Waals surface area contributed by atoms with Gasteiger partial charge in [-0.3, -0.25) is 4.79 Å². The first kappa shape index (κ1) is 29.5. The number of anilines is 2. The van der Waals surface area contributed by atoms with Crippen molar-refractivity contribution in [2.75, 3.05) is 37.0 Å². The zero-order valence-electron chi connectivity index (χ0n) is 23.3. The Balaban J connectivity index is 1.14. The maximum Gasteiger partial charge on any atom is 0.423 e. The predicted octanol–water partition coefficient (Wildman–Crippen LogP) is 3.26. The van der Waals surface area contributed by atoms with Gasteiger partial charge in [0.15, 0.2) is 0 Å². The fraction of sp³-hybridized carbons (Fsp3) is 0.357. The van der Waals surface area contributed by atoms with E-state index in [-0.39, 0.29) is 25.8 Å². The molecule has 15 heteroatoms. The number of hydrogen-bond donors (Lipinski definition) is 1. The fourth-order valence-corrected chi connectivity index (χ4v) is 4.54. The van der Waals surface area contributed by atoms with Crippen LogP contribution in [0.3, 0.4) is 0 Å². The van der Waals surface area contributed by atoms with Gasteiger partial charge in [-0.15, -0.1) is 5.10 Å². The summed E-state index contributed by atoms with van der Waals surface area (Å²) < 4.78 is 55.1. The molecule has 0 radical (unpaired) electrons. The topological polar surface area (TPSA) is 136 Å². The van der Waals surface area contributed by atoms with Crippen molar-refractivity contribution in [3.8, 4) is 11.8 Å². The van der Waals surface area contributed by atoms with Gasteiger partial charge in [-0.2, -0.15) is 23.5 Å². The van der Waals surface area contributed by atoms with Crippen molar-refractivity contribution in [3.05, 3.63) is 87.7 Å². The molecule has 0 spiro atoms. The summed E-state index contributed by atoms with van der Waals surface area (Å²) in [4.78, 5) is 19.1. The van der Waals surface area contributed by atoms with E-state index in [0.717, 1.165) is 16.7 Å². The van der Waals surface area contributed by atoms with E-state index in [1.54, 1.807) is 54.2 Å². The Kier molecular flexibility index (Phi) is 8.58. The second-order valence-corrected chi connectivity index (χ2v) is 10.1. The van der Waals surface area contributed by atoms with Crippen LogP contribution in [0.4, 0.5) is 24.7 Å². The summed E-state index contributed by atoms with van der Waals surface area (Å²) in [5.74, 6) is 1.36. The molecule has 0 aliphatic carbocycles. The minimum atomic E-state index is -4.89. The van der Waals surface area contributed by atoms with Gasteiger partial charge in [0.05, 0.1) is 56.6 Å². The SMILES string of the molecule is COc1ccc(Cn2ncc(NC(C)COCc3cn(C4CN(c5ccc(C#N)cn5)C4)nn3)c(C(F)(F)F)c2=O)cc1. The molecule has 1 unspecified atom stereocenters. The first-order valence-corrected chi connectivity index (χ1v) is 13.3. The average molecular weight is 596 g/mol. The minimum Gasteiger partial charge on any atom is -0.497 e. The fourth-order valence-electron chi connectivity index (χ4n) is 4.54. The number of methoxy groups -OCH3 is 1. The number of ether oxygens (including phenoxy) is 2. The van der Waals surface area contributed by atoms with E-state index >= 15 is 0 Å². The first-order valence-electron chi connectivity index (χ1n) is 13.3. The van der Waals surface area contributed by atoms with Crippen LogP contribution in [-0.4, -0.2) is 62.6 Å². The molecule has 1 aliphatic rings. The highest BCUT2D eigenvalue weighted by Gasteiger charge is 2.38. The van der Waals surface area contributed by atoms with Gasteiger partial charge in [0.2, 0.25) is 0 Å². The second-order valence-electron chi connectivity index (χ2n) is 10.1. The monoisotopic (exact) mass is 595 g/mol. The van der Waals surface area contributed by atoms with Crippen LogP contribution in [0.25, 0.3) is 0 Å². The Hall–Kier alpha value is -4.97. The standard InChI is InChI=1S/C28H28F3N9O3/c1-18(16-43-17-21-13-39(37-36-21)22-14-38(15-22)25-8-5-20(9-32)10-33-25)35-24-11-34-40(27(41)26(24)28(29,30)31)12-19-3-6-23(42-2)7-4-19/h3-8,10-11,13,18,22,35H,12,14-17H2,1-2H3. The summed E-state index contributed by atoms with van der Waals surface area (Å²) in [6.07, 6.45) is -0.594. The largest absolute Gasteiger partial charge is 0.497 e. The zero-order valence-corrected chi connectivity index (χ0v) is 23.3. The Bertz CT molecular complexity index is 1640. The van der Waals surface area contributed by atoms with Crippen LogP contribution in [0.1, 0.15) is 35.3 Å². The van der Waals surface area contributed by atoms with Crippen LogP contribution in [-0.2, 0) is 24.1 Å². The molecular formula is C28H28F3N9O3. The molecule has 224 valence electrons. The van der Waals surface area contributed by atoms with E-state index < -0.39 is 29.0 Å². The summed E-state index contributed by atoms with van der Waals surface area (Å²) in [6.45, 7) is 3.01. The molecule has 3 aromatic heterocycles. The molecule has 43 heavy (non-hydrogen) atoms. The normalized spacial score (nSPS) is 14.2. The zero-order chi connectivity index (χ0) is 30.6. The molecule has 0 amide bonds. The third-order valence-corrected chi connectivity index (χ3v) is 6.83. The van der Waals surface area contributed by atoms with Gasteiger partial charge < -0.3 is 19.7 Å². The van der Waals surface area contributed by atoms with Gasteiger partial charge >= 0.3 is 6.18 Å². The molecule has 0 saturated carbocycles. The highest BCUT2D eigenvalue weighted by Crippen LogP contribution is 2.32. The lowest BCUT2D eigenvalue weighted by atomic mass is 10.1. The van der Waals surface area contributed by atoms with Gasteiger partial charge in [-0.05, 0) is 36.8 Å². The molecular weight excluding hydrogens is 567 g/mol. The van der Waals surface area contributed by atoms with Gasteiger partial charge in [0.1, 0.15) is 28.9 Å². The molecule has 1 fully saturated rings. The number of rotatable bonds is 11. The van der Waals surface area contributed by atoms with Gasteiger partial charge in [-0.25, -0.2) is 14.3 Å². The van der Waals surface area contributed by atoms with Crippen LogP contribution in [0.15, 0.2) is 59.8 Å². The Morgan fingerprint density at radius 1 is 1.16 bits per heavy atom. The first-order chi connectivity index (χ1) is 20.6. The maximum absolute atomic E-state index is 13.9. The van der Waals surface area contributed by atoms with E-state index in [9.17, 15) is 18.0 Å². The van der Waals surface area contributed by atoms with E-state index in [2.05, 4.69) is 30.6 Å². The Morgan fingerprint density at radius 2 is 1.93 bits per heavy atom. The number of halogens is 3. The number of aromatic nitrogens is 6. The Labute approximate surface area is 244 Å². The smallest absolute Gasteiger partial charge is 0.423 e. The quantitative estimate of drug-likeness (QED) is 0.275. The number of pyridine rings is 1. The third kappa shape index (κ3) is 6.92. The van der Waals surface area contributed by atoms with Crippen LogP contribution in [0, 0.1) is 11.3 Å². The minimum absolute atomic E-state index is 0.0423. The molecule has 5 rings (SSSR count). The van der Waals surface area contributed by atoms with Crippen molar-refractivity contribution in [3.63, 3.8) is 0 Å². The number of alkyl halides is 3. The van der Waals surface area contributed by atoms with Crippen LogP contribution in [0.5, 0.6) is 5.75 Å². The Morgan fingerprint density at radius 3 is 2.58 bits per heavy atom. The molecule has 4 heterocycles. The van der Waals surface area contributed by atoms with E-state index in [1.165, 1.54) is 13.3 Å². The van der Waals surface area contributed by atoms with Gasteiger partial charge in [0, 0.05) is 25.3 Å². The van der Waals surface area contributed by atoms with Gasteiger partial charge in [0.25, 0.3) is 5.56 Å². The number of nitriles is 1. The lowest BCUT2D eigenvalue weighted by Crippen LogP contribution is -2.48. The number of hydrogen-bond acceptors (Lipinski definition) is 10. The van der Waals surface area contributed by atoms with Crippen molar-refractivity contribution in [2.24, 2.45) is 0 Å². The van der Waals surface area contributed by atoms with Crippen molar-refractivity contribution in [2.45, 2.75) is 38.3 Å². The molecule has 4 aromatic rings. The van der Waals surface area contributed by atoms with E-state index in [0.29, 0.717) is 35.7 Å². The lowest BCUT2D eigenvalue weighted by molar-refractivity contribution is -0.138. The lowest BCUT2D eigenvalue weighted by Gasteiger charge is -2.39. The van der Waals surface area contributed by atoms with E-state index in [4.69, 9.17) is 14.7 Å². The van der Waals surface area contributed by atoms with Crippen LogP contribution >= 0.6 is 0 Å². The number of nitrogens with one attached hydrogen (secondary N) is 1. The van der Waals surface area contributed by atoms with Crippen molar-refractivity contribution in [1.29, 1.82) is 5.26 Å². The third-order valence-electron chi connectivity index (χ3n) is 6.83. The van der Waals surface area contributed by atoms with E-state index in [1.807, 2.05) is 6.07 Å². The number of nitrogens with zero attached hydrogens (tertiary/aromatic N) is 8. The van der Waals surface area contributed by atoms with Gasteiger partial charge in [-0.1, -0.05) is 17.3 Å². The summed E-state index contributed by atoms with van der Waals surface area (Å²) >= 11 is 0. The summed E-state index contributed by atoms with van der Waals surface area (Å²) in [7, 11) is 1.50. The number of benzene rings is 1. The molecule has 1 atom stereocenters. The molecule has 1 aromatic carbocycles. The van der Waals surface area contributed by atoms with Crippen LogP contribution < -0.4 is 20.5 Å². The second kappa shape index (κ2) is 12.5. The molecule has 1 aliphatic heterocycles. The summed E-state index contributed by atoms with van der Waals surface area (Å²) in [5, 5.41) is 23.9. The molecule has 1 N–H and O–H groups in total. The molecule has 1 saturated heterocycles. The predicted molar refractivity (Wildman–Crippen MR) is 149 cm³/mol. The average Bonchev–Trinajstić information content (AvgIpc) is 3.42. The van der Waals surface area contributed by atoms with Crippen molar-refractivity contribution < 1.29 is 22.6 Å². The van der Waals surface area contributed by atoms with Crippen LogP contribution in [0.2, 0.25) is 0 Å². The summed E-state index contributed by atoms with van der Waals surface area (Å²) in [6, 6.07) is 11.7. The van der Waals surface area contributed by atoms with Crippen molar-refractivity contribution >= 4 is 11.5 Å². The highest BCUT2D eigenvalue weighted by atomic mass is 19.4. The van der Waals surface area contributed by atoms with Crippen molar-refractivity contribution in [1.82, 2.24) is 29.8 Å².